The summed E-state index contributed by atoms with van der Waals surface area (Å²) in [5, 5.41) is 7.16. The van der Waals surface area contributed by atoms with Gasteiger partial charge in [0.2, 0.25) is 5.91 Å². The minimum Gasteiger partial charge on any atom is -0.354 e. The first-order chi connectivity index (χ1) is 9.15. The first kappa shape index (κ1) is 13.6. The second kappa shape index (κ2) is 5.86. The van der Waals surface area contributed by atoms with Gasteiger partial charge in [0.15, 0.2) is 0 Å². The van der Waals surface area contributed by atoms with Crippen LogP contribution in [0.1, 0.15) is 36.5 Å². The van der Waals surface area contributed by atoms with Gasteiger partial charge in [0, 0.05) is 32.6 Å². The van der Waals surface area contributed by atoms with Crippen LogP contribution in [-0.4, -0.2) is 46.1 Å². The van der Waals surface area contributed by atoms with Gasteiger partial charge in [0.05, 0.1) is 5.69 Å². The molecule has 1 aromatic heterocycles. The molecule has 1 N–H and O–H groups in total. The van der Waals surface area contributed by atoms with E-state index in [1.807, 2.05) is 19.9 Å². The van der Waals surface area contributed by atoms with E-state index < -0.39 is 0 Å². The van der Waals surface area contributed by atoms with Gasteiger partial charge in [-0.05, 0) is 19.4 Å². The first-order valence-corrected chi connectivity index (χ1v) is 6.78. The molecule has 1 aliphatic heterocycles. The van der Waals surface area contributed by atoms with Crippen molar-refractivity contribution in [2.75, 3.05) is 19.6 Å². The second-order valence-corrected chi connectivity index (χ2v) is 4.58. The lowest BCUT2D eigenvalue weighted by atomic mass is 10.2. The normalized spacial score (nSPS) is 16.1. The maximum atomic E-state index is 12.5. The smallest absolute Gasteiger partial charge is 0.272 e. The van der Waals surface area contributed by atoms with Gasteiger partial charge < -0.3 is 10.2 Å². The zero-order chi connectivity index (χ0) is 13.8. The SMILES string of the molecule is CCc1cc(C(=O)N2CCNC(=O)CC2)n(CC)n1. The molecule has 0 bridgehead atoms. The Labute approximate surface area is 112 Å². The molecular weight excluding hydrogens is 244 g/mol. The number of rotatable bonds is 3. The monoisotopic (exact) mass is 264 g/mol. The summed E-state index contributed by atoms with van der Waals surface area (Å²) >= 11 is 0. The van der Waals surface area contributed by atoms with E-state index in [1.165, 1.54) is 0 Å². The van der Waals surface area contributed by atoms with Gasteiger partial charge in [-0.1, -0.05) is 6.92 Å². The molecule has 6 heteroatoms. The van der Waals surface area contributed by atoms with E-state index in [9.17, 15) is 9.59 Å². The van der Waals surface area contributed by atoms with Gasteiger partial charge >= 0.3 is 0 Å². The second-order valence-electron chi connectivity index (χ2n) is 4.58. The third kappa shape index (κ3) is 2.94. The van der Waals surface area contributed by atoms with E-state index in [4.69, 9.17) is 0 Å². The molecule has 0 unspecified atom stereocenters. The van der Waals surface area contributed by atoms with Crippen molar-refractivity contribution in [3.8, 4) is 0 Å². The average molecular weight is 264 g/mol. The minimum atomic E-state index is -0.0365. The molecular formula is C13H20N4O2. The van der Waals surface area contributed by atoms with Crippen LogP contribution in [0.3, 0.4) is 0 Å². The predicted octanol–water partition coefficient (Wildman–Crippen LogP) is 0.427. The molecule has 1 aromatic rings. The van der Waals surface area contributed by atoms with Crippen LogP contribution in [-0.2, 0) is 17.8 Å². The Kier molecular flexibility index (Phi) is 4.19. The van der Waals surface area contributed by atoms with Crippen molar-refractivity contribution >= 4 is 11.8 Å². The van der Waals surface area contributed by atoms with Crippen LogP contribution >= 0.6 is 0 Å². The fourth-order valence-corrected chi connectivity index (χ4v) is 2.19. The molecule has 1 saturated heterocycles. The van der Waals surface area contributed by atoms with Crippen molar-refractivity contribution in [1.29, 1.82) is 0 Å². The van der Waals surface area contributed by atoms with Gasteiger partial charge in [0.25, 0.3) is 5.91 Å². The highest BCUT2D eigenvalue weighted by Crippen LogP contribution is 2.10. The topological polar surface area (TPSA) is 67.2 Å². The highest BCUT2D eigenvalue weighted by molar-refractivity contribution is 5.93. The van der Waals surface area contributed by atoms with E-state index in [0.717, 1.165) is 12.1 Å². The van der Waals surface area contributed by atoms with E-state index in [0.29, 0.717) is 38.3 Å². The summed E-state index contributed by atoms with van der Waals surface area (Å²) in [6.07, 6.45) is 1.18. The molecule has 0 spiro atoms. The standard InChI is InChI=1S/C13H20N4O2/c1-3-10-9-11(17(4-2)15-10)13(19)16-7-5-12(18)14-6-8-16/h9H,3-8H2,1-2H3,(H,14,18). The fraction of sp³-hybridized carbons (Fsp3) is 0.615. The van der Waals surface area contributed by atoms with Crippen molar-refractivity contribution in [2.24, 2.45) is 0 Å². The average Bonchev–Trinajstić information content (AvgIpc) is 2.73. The quantitative estimate of drug-likeness (QED) is 0.860. The summed E-state index contributed by atoms with van der Waals surface area (Å²) in [6.45, 7) is 6.21. The summed E-state index contributed by atoms with van der Waals surface area (Å²) in [4.78, 5) is 25.5. The Hall–Kier alpha value is -1.85. The van der Waals surface area contributed by atoms with Crippen molar-refractivity contribution in [1.82, 2.24) is 20.0 Å². The highest BCUT2D eigenvalue weighted by atomic mass is 16.2. The summed E-state index contributed by atoms with van der Waals surface area (Å²) in [6, 6.07) is 1.85. The van der Waals surface area contributed by atoms with E-state index in [-0.39, 0.29) is 11.8 Å². The number of hydrogen-bond acceptors (Lipinski definition) is 3. The summed E-state index contributed by atoms with van der Waals surface area (Å²) in [5.74, 6) is -0.0286. The maximum absolute atomic E-state index is 12.5. The number of carbonyl (C=O) groups excluding carboxylic acids is 2. The van der Waals surface area contributed by atoms with Gasteiger partial charge in [-0.25, -0.2) is 0 Å². The third-order valence-corrected chi connectivity index (χ3v) is 3.31. The van der Waals surface area contributed by atoms with Gasteiger partial charge in [-0.3, -0.25) is 14.3 Å². The Morgan fingerprint density at radius 2 is 2.21 bits per heavy atom. The summed E-state index contributed by atoms with van der Waals surface area (Å²) in [5.41, 5.74) is 1.54. The molecule has 0 aliphatic carbocycles. The number of aryl methyl sites for hydroxylation is 2. The fourth-order valence-electron chi connectivity index (χ4n) is 2.19. The van der Waals surface area contributed by atoms with Crippen LogP contribution in [0.4, 0.5) is 0 Å². The molecule has 6 nitrogen and oxygen atoms in total. The number of amides is 2. The molecule has 2 rings (SSSR count). The van der Waals surface area contributed by atoms with Gasteiger partial charge in [-0.15, -0.1) is 0 Å². The van der Waals surface area contributed by atoms with E-state index >= 15 is 0 Å². The van der Waals surface area contributed by atoms with Crippen molar-refractivity contribution < 1.29 is 9.59 Å². The highest BCUT2D eigenvalue weighted by Gasteiger charge is 2.23. The number of aromatic nitrogens is 2. The number of nitrogens with zero attached hydrogens (tertiary/aromatic N) is 3. The molecule has 1 aliphatic rings. The zero-order valence-electron chi connectivity index (χ0n) is 11.5. The lowest BCUT2D eigenvalue weighted by Gasteiger charge is -2.19. The number of hydrogen-bond donors (Lipinski definition) is 1. The molecule has 0 radical (unpaired) electrons. The molecule has 19 heavy (non-hydrogen) atoms. The summed E-state index contributed by atoms with van der Waals surface area (Å²) < 4.78 is 1.74. The largest absolute Gasteiger partial charge is 0.354 e. The number of carbonyl (C=O) groups is 2. The van der Waals surface area contributed by atoms with Crippen molar-refractivity contribution in [3.05, 3.63) is 17.5 Å². The van der Waals surface area contributed by atoms with E-state index in [1.54, 1.807) is 9.58 Å². The van der Waals surface area contributed by atoms with Crippen LogP contribution < -0.4 is 5.32 Å². The maximum Gasteiger partial charge on any atom is 0.272 e. The lowest BCUT2D eigenvalue weighted by molar-refractivity contribution is -0.120. The Morgan fingerprint density at radius 3 is 2.89 bits per heavy atom. The van der Waals surface area contributed by atoms with E-state index in [2.05, 4.69) is 10.4 Å². The predicted molar refractivity (Wildman–Crippen MR) is 70.8 cm³/mol. The van der Waals surface area contributed by atoms with Crippen LogP contribution in [0.5, 0.6) is 0 Å². The van der Waals surface area contributed by atoms with Crippen LogP contribution in [0.2, 0.25) is 0 Å². The summed E-state index contributed by atoms with van der Waals surface area (Å²) in [7, 11) is 0. The number of nitrogens with one attached hydrogen (secondary N) is 1. The van der Waals surface area contributed by atoms with Crippen molar-refractivity contribution in [3.63, 3.8) is 0 Å². The minimum absolute atomic E-state index is 0.00791. The molecule has 0 saturated carbocycles. The van der Waals surface area contributed by atoms with Crippen LogP contribution in [0, 0.1) is 0 Å². The van der Waals surface area contributed by atoms with Gasteiger partial charge in [-0.2, -0.15) is 5.10 Å². The first-order valence-electron chi connectivity index (χ1n) is 6.78. The van der Waals surface area contributed by atoms with Crippen molar-refractivity contribution in [2.45, 2.75) is 33.2 Å². The lowest BCUT2D eigenvalue weighted by Crippen LogP contribution is -2.35. The van der Waals surface area contributed by atoms with Crippen LogP contribution in [0.25, 0.3) is 0 Å². The Bertz CT molecular complexity index is 481. The molecule has 0 aromatic carbocycles. The van der Waals surface area contributed by atoms with Gasteiger partial charge in [0.1, 0.15) is 5.69 Å². The van der Waals surface area contributed by atoms with Crippen LogP contribution in [0.15, 0.2) is 6.07 Å². The zero-order valence-corrected chi connectivity index (χ0v) is 11.5. The molecule has 1 fully saturated rings. The molecule has 2 amide bonds. The Balaban J connectivity index is 2.18. The molecule has 0 atom stereocenters. The third-order valence-electron chi connectivity index (χ3n) is 3.31. The molecule has 2 heterocycles. The molecule has 104 valence electrons. The Morgan fingerprint density at radius 1 is 1.42 bits per heavy atom.